The molecule has 1 aromatic rings. The van der Waals surface area contributed by atoms with Crippen LogP contribution in [0, 0.1) is 0 Å². The summed E-state index contributed by atoms with van der Waals surface area (Å²) < 4.78 is 0. The van der Waals surface area contributed by atoms with Crippen molar-refractivity contribution in [1.29, 1.82) is 0 Å². The molecule has 2 N–H and O–H groups in total. The summed E-state index contributed by atoms with van der Waals surface area (Å²) in [5, 5.41) is 8.47. The minimum atomic E-state index is 0. The van der Waals surface area contributed by atoms with Crippen LogP contribution in [0.3, 0.4) is 0 Å². The third-order valence-corrected chi connectivity index (χ3v) is 4.44. The average molecular weight is 436 g/mol. The van der Waals surface area contributed by atoms with Crippen molar-refractivity contribution in [2.45, 2.75) is 33.2 Å². The van der Waals surface area contributed by atoms with Crippen molar-refractivity contribution in [3.8, 4) is 0 Å². The molecular weight excluding hydrogens is 411 g/mol. The van der Waals surface area contributed by atoms with Crippen molar-refractivity contribution >= 4 is 47.2 Å². The standard InChI is InChI=1S/C15H24N4OS.HI/c1-3-7-17-15(16-4-2)18-10-14(20)19-8-5-13-12(11-19)6-9-21-13;/h6,9H,3-5,7-8,10-11H2,1-2H3,(H2,16,17,18);1H. The Labute approximate surface area is 153 Å². The van der Waals surface area contributed by atoms with Crippen LogP contribution in [0.1, 0.15) is 30.7 Å². The first-order valence-electron chi connectivity index (χ1n) is 7.59. The lowest BCUT2D eigenvalue weighted by Crippen LogP contribution is -2.40. The highest BCUT2D eigenvalue weighted by Gasteiger charge is 2.21. The molecule has 0 bridgehead atoms. The maximum absolute atomic E-state index is 12.3. The molecule has 0 spiro atoms. The number of fused-ring (bicyclic) bond motifs is 1. The number of nitrogens with one attached hydrogen (secondary N) is 2. The van der Waals surface area contributed by atoms with E-state index < -0.39 is 0 Å². The molecule has 0 fully saturated rings. The lowest BCUT2D eigenvalue weighted by Gasteiger charge is -2.26. The van der Waals surface area contributed by atoms with E-state index in [2.05, 4.69) is 34.0 Å². The number of hydrogen-bond donors (Lipinski definition) is 2. The number of carbonyl (C=O) groups is 1. The molecule has 0 atom stereocenters. The number of rotatable bonds is 5. The zero-order valence-electron chi connectivity index (χ0n) is 13.2. The molecule has 0 saturated heterocycles. The monoisotopic (exact) mass is 436 g/mol. The smallest absolute Gasteiger partial charge is 0.244 e. The Morgan fingerprint density at radius 3 is 2.95 bits per heavy atom. The quantitative estimate of drug-likeness (QED) is 0.423. The van der Waals surface area contributed by atoms with E-state index in [9.17, 15) is 4.79 Å². The predicted octanol–water partition coefficient (Wildman–Crippen LogP) is 2.22. The largest absolute Gasteiger partial charge is 0.357 e. The normalized spacial score (nSPS) is 14.1. The molecule has 7 heteroatoms. The van der Waals surface area contributed by atoms with Gasteiger partial charge in [-0.25, -0.2) is 4.99 Å². The third-order valence-electron chi connectivity index (χ3n) is 3.42. The number of hydrogen-bond acceptors (Lipinski definition) is 3. The highest BCUT2D eigenvalue weighted by atomic mass is 127. The SMILES string of the molecule is CCCNC(=NCC(=O)N1CCc2sccc2C1)NCC.I. The van der Waals surface area contributed by atoms with Gasteiger partial charge in [0.2, 0.25) is 5.91 Å². The van der Waals surface area contributed by atoms with Gasteiger partial charge in [-0.15, -0.1) is 35.3 Å². The molecule has 0 saturated carbocycles. The number of guanidine groups is 1. The lowest BCUT2D eigenvalue weighted by atomic mass is 10.1. The van der Waals surface area contributed by atoms with E-state index in [0.29, 0.717) is 0 Å². The summed E-state index contributed by atoms with van der Waals surface area (Å²) in [6.45, 7) is 7.53. The average Bonchev–Trinajstić information content (AvgIpc) is 2.97. The summed E-state index contributed by atoms with van der Waals surface area (Å²) >= 11 is 1.79. The van der Waals surface area contributed by atoms with Crippen LogP contribution < -0.4 is 10.6 Å². The topological polar surface area (TPSA) is 56.7 Å². The molecule has 0 aliphatic carbocycles. The van der Waals surface area contributed by atoms with Crippen molar-refractivity contribution < 1.29 is 4.79 Å². The first-order chi connectivity index (χ1) is 10.2. The molecule has 1 aliphatic heterocycles. The maximum atomic E-state index is 12.3. The van der Waals surface area contributed by atoms with Crippen LogP contribution in [0.15, 0.2) is 16.4 Å². The number of halogens is 1. The molecule has 2 rings (SSSR count). The molecule has 1 aliphatic rings. The zero-order valence-corrected chi connectivity index (χ0v) is 16.4. The minimum absolute atomic E-state index is 0. The van der Waals surface area contributed by atoms with Crippen molar-refractivity contribution in [3.63, 3.8) is 0 Å². The van der Waals surface area contributed by atoms with Gasteiger partial charge < -0.3 is 15.5 Å². The van der Waals surface area contributed by atoms with Gasteiger partial charge in [0, 0.05) is 31.1 Å². The number of thiophene rings is 1. The van der Waals surface area contributed by atoms with E-state index in [0.717, 1.165) is 45.0 Å². The van der Waals surface area contributed by atoms with Crippen LogP contribution in [0.25, 0.3) is 0 Å². The molecule has 124 valence electrons. The summed E-state index contributed by atoms with van der Waals surface area (Å²) in [6, 6.07) is 2.12. The first kappa shape index (κ1) is 19.2. The lowest BCUT2D eigenvalue weighted by molar-refractivity contribution is -0.130. The van der Waals surface area contributed by atoms with Gasteiger partial charge in [-0.3, -0.25) is 4.79 Å². The van der Waals surface area contributed by atoms with Crippen LogP contribution in [-0.2, 0) is 17.8 Å². The Morgan fingerprint density at radius 1 is 1.41 bits per heavy atom. The van der Waals surface area contributed by atoms with Crippen LogP contribution in [0.5, 0.6) is 0 Å². The Morgan fingerprint density at radius 2 is 2.23 bits per heavy atom. The summed E-state index contributed by atoms with van der Waals surface area (Å²) in [4.78, 5) is 20.0. The van der Waals surface area contributed by atoms with E-state index in [-0.39, 0.29) is 36.4 Å². The van der Waals surface area contributed by atoms with Gasteiger partial charge in [0.1, 0.15) is 6.54 Å². The summed E-state index contributed by atoms with van der Waals surface area (Å²) in [6.07, 6.45) is 2.00. The third kappa shape index (κ3) is 5.42. The highest BCUT2D eigenvalue weighted by Crippen LogP contribution is 2.23. The van der Waals surface area contributed by atoms with Crippen LogP contribution in [0.2, 0.25) is 0 Å². The molecule has 0 unspecified atom stereocenters. The molecule has 5 nitrogen and oxygen atoms in total. The molecule has 1 aromatic heterocycles. The molecule has 0 radical (unpaired) electrons. The fourth-order valence-electron chi connectivity index (χ4n) is 2.29. The van der Waals surface area contributed by atoms with Crippen molar-refractivity contribution in [2.75, 3.05) is 26.2 Å². The van der Waals surface area contributed by atoms with E-state index in [1.807, 2.05) is 11.8 Å². The van der Waals surface area contributed by atoms with Crippen molar-refractivity contribution in [3.05, 3.63) is 21.9 Å². The second kappa shape index (κ2) is 10.0. The second-order valence-electron chi connectivity index (χ2n) is 5.06. The number of amides is 1. The van der Waals surface area contributed by atoms with Gasteiger partial charge >= 0.3 is 0 Å². The van der Waals surface area contributed by atoms with Gasteiger partial charge in [-0.1, -0.05) is 6.92 Å². The fourth-order valence-corrected chi connectivity index (χ4v) is 3.18. The van der Waals surface area contributed by atoms with E-state index in [4.69, 9.17) is 0 Å². The minimum Gasteiger partial charge on any atom is -0.357 e. The molecule has 1 amide bonds. The van der Waals surface area contributed by atoms with E-state index in [1.165, 1.54) is 10.4 Å². The van der Waals surface area contributed by atoms with Gasteiger partial charge in [0.15, 0.2) is 5.96 Å². The van der Waals surface area contributed by atoms with Crippen molar-refractivity contribution in [1.82, 2.24) is 15.5 Å². The molecule has 0 aromatic carbocycles. The second-order valence-corrected chi connectivity index (χ2v) is 6.06. The zero-order chi connectivity index (χ0) is 15.1. The maximum Gasteiger partial charge on any atom is 0.244 e. The number of carbonyl (C=O) groups excluding carboxylic acids is 1. The van der Waals surface area contributed by atoms with Gasteiger partial charge in [-0.2, -0.15) is 0 Å². The number of nitrogens with zero attached hydrogens (tertiary/aromatic N) is 2. The Kier molecular flexibility index (Phi) is 8.77. The summed E-state index contributed by atoms with van der Waals surface area (Å²) in [5.74, 6) is 0.821. The summed E-state index contributed by atoms with van der Waals surface area (Å²) in [7, 11) is 0. The number of aliphatic imine (C=N–C) groups is 1. The van der Waals surface area contributed by atoms with Gasteiger partial charge in [-0.05, 0) is 36.8 Å². The highest BCUT2D eigenvalue weighted by molar-refractivity contribution is 14.0. The van der Waals surface area contributed by atoms with Crippen LogP contribution in [0.4, 0.5) is 0 Å². The summed E-state index contributed by atoms with van der Waals surface area (Å²) in [5.41, 5.74) is 1.29. The molecular formula is C15H25IN4OS. The van der Waals surface area contributed by atoms with Crippen LogP contribution in [-0.4, -0.2) is 42.9 Å². The Bertz CT molecular complexity index is 503. The van der Waals surface area contributed by atoms with Crippen LogP contribution >= 0.6 is 35.3 Å². The molecule has 2 heterocycles. The van der Waals surface area contributed by atoms with E-state index in [1.54, 1.807) is 11.3 Å². The van der Waals surface area contributed by atoms with E-state index >= 15 is 0 Å². The van der Waals surface area contributed by atoms with Crippen molar-refractivity contribution in [2.24, 2.45) is 4.99 Å². The fraction of sp³-hybridized carbons (Fsp3) is 0.600. The van der Waals surface area contributed by atoms with Gasteiger partial charge in [0.05, 0.1) is 0 Å². The van der Waals surface area contributed by atoms with Gasteiger partial charge in [0.25, 0.3) is 0 Å². The predicted molar refractivity (Wildman–Crippen MR) is 103 cm³/mol. The Balaban J connectivity index is 0.00000242. The first-order valence-corrected chi connectivity index (χ1v) is 8.47. The Hall–Kier alpha value is -0.830. The molecule has 22 heavy (non-hydrogen) atoms.